The molecule has 0 bridgehead atoms. The van der Waals surface area contributed by atoms with E-state index in [4.69, 9.17) is 5.73 Å². The minimum absolute atomic E-state index is 0.0330. The Labute approximate surface area is 110 Å². The Morgan fingerprint density at radius 1 is 1.53 bits per heavy atom. The second kappa shape index (κ2) is 4.90. The number of benzene rings is 1. The summed E-state index contributed by atoms with van der Waals surface area (Å²) in [4.78, 5) is 11.2. The molecule has 0 aliphatic carbocycles. The first-order chi connectivity index (χ1) is 8.81. The highest BCUT2D eigenvalue weighted by Gasteiger charge is 2.31. The van der Waals surface area contributed by atoms with E-state index in [-0.39, 0.29) is 17.1 Å². The van der Waals surface area contributed by atoms with E-state index in [0.29, 0.717) is 5.56 Å². The van der Waals surface area contributed by atoms with Gasteiger partial charge in [-0.05, 0) is 37.1 Å². The van der Waals surface area contributed by atoms with Crippen LogP contribution in [0.4, 0.5) is 4.39 Å². The molecule has 0 saturated carbocycles. The van der Waals surface area contributed by atoms with Gasteiger partial charge in [0.2, 0.25) is 5.91 Å². The molecule has 5 nitrogen and oxygen atoms in total. The third kappa shape index (κ3) is 2.76. The highest BCUT2D eigenvalue weighted by Crippen LogP contribution is 2.32. The van der Waals surface area contributed by atoms with E-state index in [1.54, 1.807) is 6.92 Å². The van der Waals surface area contributed by atoms with Crippen LogP contribution in [0.25, 0.3) is 0 Å². The zero-order valence-corrected chi connectivity index (χ0v) is 11.2. The Hall–Kier alpha value is -1.47. The van der Waals surface area contributed by atoms with Gasteiger partial charge in [0.25, 0.3) is 0 Å². The van der Waals surface area contributed by atoms with Crippen LogP contribution < -0.4 is 11.1 Å². The summed E-state index contributed by atoms with van der Waals surface area (Å²) in [6.45, 7) is 1.59. The van der Waals surface area contributed by atoms with Crippen LogP contribution in [0, 0.1) is 5.82 Å². The average molecular weight is 286 g/mol. The number of hydrogen-bond acceptors (Lipinski definition) is 4. The second-order valence-corrected chi connectivity index (χ2v) is 6.71. The van der Waals surface area contributed by atoms with Crippen molar-refractivity contribution in [3.63, 3.8) is 0 Å². The van der Waals surface area contributed by atoms with Crippen LogP contribution in [0.3, 0.4) is 0 Å². The molecule has 2 rings (SSSR count). The molecule has 0 aromatic heterocycles. The van der Waals surface area contributed by atoms with Crippen molar-refractivity contribution in [2.24, 2.45) is 5.73 Å². The molecule has 2 unspecified atom stereocenters. The summed E-state index contributed by atoms with van der Waals surface area (Å²) in [6, 6.07) is 2.58. The number of halogens is 1. The smallest absolute Gasteiger partial charge is 0.234 e. The molecule has 1 aliphatic heterocycles. The van der Waals surface area contributed by atoms with Crippen LogP contribution in [0.1, 0.15) is 24.9 Å². The first-order valence-corrected chi connectivity index (χ1v) is 7.54. The number of sulfone groups is 1. The Bertz CT molecular complexity index is 615. The number of nitrogens with one attached hydrogen (secondary N) is 1. The Morgan fingerprint density at radius 3 is 2.84 bits per heavy atom. The highest BCUT2D eigenvalue weighted by molar-refractivity contribution is 7.91. The van der Waals surface area contributed by atoms with E-state index in [1.165, 1.54) is 12.1 Å². The van der Waals surface area contributed by atoms with Gasteiger partial charge in [0.1, 0.15) is 5.82 Å². The van der Waals surface area contributed by atoms with Crippen molar-refractivity contribution in [3.05, 3.63) is 29.6 Å². The molecule has 1 aromatic rings. The number of hydrogen-bond donors (Lipinski definition) is 2. The summed E-state index contributed by atoms with van der Waals surface area (Å²) in [5, 5.41) is 2.93. The van der Waals surface area contributed by atoms with Gasteiger partial charge in [0.05, 0.1) is 16.7 Å². The topological polar surface area (TPSA) is 89.3 Å². The van der Waals surface area contributed by atoms with E-state index in [0.717, 1.165) is 6.07 Å². The zero-order chi connectivity index (χ0) is 14.2. The summed E-state index contributed by atoms with van der Waals surface area (Å²) in [6.07, 6.45) is 0.288. The molecule has 2 atom stereocenters. The molecule has 19 heavy (non-hydrogen) atoms. The SMILES string of the molecule is CC(NC1CCS(=O)(=O)c2ccc(F)cc21)C(N)=O. The van der Waals surface area contributed by atoms with Crippen LogP contribution in [-0.4, -0.2) is 26.1 Å². The number of carbonyl (C=O) groups is 1. The number of carbonyl (C=O) groups excluding carboxylic acids is 1. The summed E-state index contributed by atoms with van der Waals surface area (Å²) >= 11 is 0. The van der Waals surface area contributed by atoms with Crippen LogP contribution in [0.2, 0.25) is 0 Å². The lowest BCUT2D eigenvalue weighted by Gasteiger charge is -2.28. The summed E-state index contributed by atoms with van der Waals surface area (Å²) in [5.74, 6) is -1.07. The Kier molecular flexibility index (Phi) is 3.60. The molecule has 0 saturated heterocycles. The van der Waals surface area contributed by atoms with Crippen molar-refractivity contribution in [2.45, 2.75) is 30.3 Å². The molecule has 1 aliphatic rings. The standard InChI is InChI=1S/C12H15FN2O3S/c1-7(12(14)16)15-10-4-5-19(17,18)11-3-2-8(13)6-9(10)11/h2-3,6-7,10,15H,4-5H2,1H3,(H2,14,16). The fourth-order valence-electron chi connectivity index (χ4n) is 2.17. The van der Waals surface area contributed by atoms with Gasteiger partial charge in [-0.15, -0.1) is 0 Å². The molecule has 3 N–H and O–H groups in total. The van der Waals surface area contributed by atoms with Gasteiger partial charge < -0.3 is 5.73 Å². The third-order valence-corrected chi connectivity index (χ3v) is 5.05. The lowest BCUT2D eigenvalue weighted by Crippen LogP contribution is -2.42. The monoisotopic (exact) mass is 286 g/mol. The molecule has 1 amide bonds. The predicted octanol–water partition coefficient (Wildman–Crippen LogP) is 0.508. The molecule has 0 radical (unpaired) electrons. The lowest BCUT2D eigenvalue weighted by atomic mass is 10.0. The molecule has 0 fully saturated rings. The van der Waals surface area contributed by atoms with Gasteiger partial charge in [-0.3, -0.25) is 10.1 Å². The zero-order valence-electron chi connectivity index (χ0n) is 10.4. The quantitative estimate of drug-likeness (QED) is 0.792. The van der Waals surface area contributed by atoms with E-state index in [1.807, 2.05) is 0 Å². The molecule has 104 valence electrons. The van der Waals surface area contributed by atoms with Gasteiger partial charge >= 0.3 is 0 Å². The van der Waals surface area contributed by atoms with Gasteiger partial charge in [-0.2, -0.15) is 0 Å². The number of amides is 1. The minimum Gasteiger partial charge on any atom is -0.368 e. The molecular weight excluding hydrogens is 271 g/mol. The maximum Gasteiger partial charge on any atom is 0.234 e. The van der Waals surface area contributed by atoms with Crippen molar-refractivity contribution in [2.75, 3.05) is 5.75 Å². The van der Waals surface area contributed by atoms with Crippen LogP contribution in [0.15, 0.2) is 23.1 Å². The second-order valence-electron chi connectivity index (χ2n) is 4.63. The number of nitrogens with two attached hydrogens (primary N) is 1. The molecule has 7 heteroatoms. The number of rotatable bonds is 3. The highest BCUT2D eigenvalue weighted by atomic mass is 32.2. The van der Waals surface area contributed by atoms with Gasteiger partial charge in [-0.25, -0.2) is 12.8 Å². The predicted molar refractivity (Wildman–Crippen MR) is 67.6 cm³/mol. The van der Waals surface area contributed by atoms with Crippen molar-refractivity contribution in [3.8, 4) is 0 Å². The first kappa shape index (κ1) is 14.0. The van der Waals surface area contributed by atoms with E-state index in [9.17, 15) is 17.6 Å². The molecule has 0 spiro atoms. The van der Waals surface area contributed by atoms with Crippen molar-refractivity contribution < 1.29 is 17.6 Å². The maximum atomic E-state index is 13.3. The summed E-state index contributed by atoms with van der Waals surface area (Å²) in [5.41, 5.74) is 5.52. The first-order valence-electron chi connectivity index (χ1n) is 5.89. The molecule has 1 heterocycles. The fraction of sp³-hybridized carbons (Fsp3) is 0.417. The summed E-state index contributed by atoms with van der Waals surface area (Å²) < 4.78 is 37.1. The van der Waals surface area contributed by atoms with E-state index in [2.05, 4.69) is 5.32 Å². The largest absolute Gasteiger partial charge is 0.368 e. The Balaban J connectivity index is 2.41. The van der Waals surface area contributed by atoms with Crippen molar-refractivity contribution >= 4 is 15.7 Å². The van der Waals surface area contributed by atoms with Crippen molar-refractivity contribution in [1.29, 1.82) is 0 Å². The minimum atomic E-state index is -3.37. The normalized spacial score (nSPS) is 22.5. The summed E-state index contributed by atoms with van der Waals surface area (Å²) in [7, 11) is -3.37. The molecule has 1 aromatic carbocycles. The van der Waals surface area contributed by atoms with Gasteiger partial charge in [-0.1, -0.05) is 0 Å². The van der Waals surface area contributed by atoms with E-state index < -0.39 is 33.6 Å². The van der Waals surface area contributed by atoms with Crippen LogP contribution in [0.5, 0.6) is 0 Å². The fourth-order valence-corrected chi connectivity index (χ4v) is 3.77. The number of fused-ring (bicyclic) bond motifs is 1. The number of primary amides is 1. The van der Waals surface area contributed by atoms with Crippen LogP contribution in [-0.2, 0) is 14.6 Å². The maximum absolute atomic E-state index is 13.3. The lowest BCUT2D eigenvalue weighted by molar-refractivity contribution is -0.119. The average Bonchev–Trinajstić information content (AvgIpc) is 2.32. The Morgan fingerprint density at radius 2 is 2.21 bits per heavy atom. The van der Waals surface area contributed by atoms with Gasteiger partial charge in [0.15, 0.2) is 9.84 Å². The van der Waals surface area contributed by atoms with Crippen molar-refractivity contribution in [1.82, 2.24) is 5.32 Å². The third-order valence-electron chi connectivity index (χ3n) is 3.24. The van der Waals surface area contributed by atoms with Gasteiger partial charge in [0, 0.05) is 6.04 Å². The molecular formula is C12H15FN2O3S. The van der Waals surface area contributed by atoms with Crippen LogP contribution >= 0.6 is 0 Å². The van der Waals surface area contributed by atoms with E-state index >= 15 is 0 Å².